The molecule has 0 unspecified atom stereocenters. The van der Waals surface area contributed by atoms with Gasteiger partial charge in [-0.05, 0) is 48.4 Å². The van der Waals surface area contributed by atoms with Gasteiger partial charge < -0.3 is 9.14 Å². The van der Waals surface area contributed by atoms with Crippen LogP contribution in [0.2, 0.25) is 0 Å². The van der Waals surface area contributed by atoms with Crippen LogP contribution < -0.4 is 9.46 Å². The van der Waals surface area contributed by atoms with Crippen molar-refractivity contribution in [2.24, 2.45) is 0 Å². The van der Waals surface area contributed by atoms with E-state index in [1.165, 1.54) is 7.11 Å². The third kappa shape index (κ3) is 4.25. The summed E-state index contributed by atoms with van der Waals surface area (Å²) >= 11 is 0. The first kappa shape index (κ1) is 19.0. The number of aromatic nitrogens is 2. The molecule has 0 aliphatic rings. The number of imidazole rings is 1. The zero-order valence-corrected chi connectivity index (χ0v) is 17.0. The van der Waals surface area contributed by atoms with Crippen molar-refractivity contribution in [3.8, 4) is 17.0 Å². The van der Waals surface area contributed by atoms with Gasteiger partial charge in [0.25, 0.3) is 0 Å². The molecule has 2 aromatic heterocycles. The van der Waals surface area contributed by atoms with Crippen molar-refractivity contribution in [1.82, 2.24) is 9.38 Å². The van der Waals surface area contributed by atoms with Gasteiger partial charge in [0.05, 0.1) is 24.2 Å². The summed E-state index contributed by atoms with van der Waals surface area (Å²) in [6.45, 7) is 2.02. The molecule has 2 heterocycles. The van der Waals surface area contributed by atoms with E-state index in [0.29, 0.717) is 17.0 Å². The van der Waals surface area contributed by atoms with E-state index in [1.807, 2.05) is 60.1 Å². The highest BCUT2D eigenvalue weighted by Gasteiger charge is 2.16. The van der Waals surface area contributed by atoms with Crippen molar-refractivity contribution >= 4 is 21.4 Å². The average molecular weight is 407 g/mol. The number of nitrogens with zero attached hydrogens (tertiary/aromatic N) is 2. The molecule has 4 aromatic rings. The van der Waals surface area contributed by atoms with Crippen LogP contribution in [0.5, 0.6) is 5.75 Å². The number of fused-ring (bicyclic) bond motifs is 1. The average Bonchev–Trinajstić information content (AvgIpc) is 3.11. The Morgan fingerprint density at radius 1 is 1.07 bits per heavy atom. The summed E-state index contributed by atoms with van der Waals surface area (Å²) in [4.78, 5) is 4.65. The van der Waals surface area contributed by atoms with Crippen molar-refractivity contribution in [2.75, 3.05) is 11.8 Å². The zero-order valence-electron chi connectivity index (χ0n) is 16.2. The molecule has 0 atom stereocenters. The van der Waals surface area contributed by atoms with Crippen LogP contribution in [0.1, 0.15) is 11.1 Å². The van der Waals surface area contributed by atoms with Crippen LogP contribution in [0.25, 0.3) is 16.9 Å². The quantitative estimate of drug-likeness (QED) is 0.518. The first-order chi connectivity index (χ1) is 13.9. The molecule has 0 aliphatic heterocycles. The summed E-state index contributed by atoms with van der Waals surface area (Å²) in [5, 5.41) is 0. The first-order valence-corrected chi connectivity index (χ1v) is 10.8. The molecule has 6 nitrogen and oxygen atoms in total. The number of sulfonamides is 1. The van der Waals surface area contributed by atoms with Gasteiger partial charge in [-0.1, -0.05) is 30.3 Å². The van der Waals surface area contributed by atoms with Gasteiger partial charge in [-0.15, -0.1) is 0 Å². The lowest BCUT2D eigenvalue weighted by molar-refractivity contribution is 0.417. The molecule has 1 N–H and O–H groups in total. The van der Waals surface area contributed by atoms with Gasteiger partial charge in [-0.2, -0.15) is 0 Å². The molecule has 2 aromatic carbocycles. The van der Waals surface area contributed by atoms with E-state index >= 15 is 0 Å². The predicted octanol–water partition coefficient (Wildman–Crippen LogP) is 4.26. The second-order valence-electron chi connectivity index (χ2n) is 6.86. The molecular weight excluding hydrogens is 386 g/mol. The number of hydrogen-bond donors (Lipinski definition) is 1. The van der Waals surface area contributed by atoms with E-state index in [4.69, 9.17) is 4.74 Å². The van der Waals surface area contributed by atoms with Gasteiger partial charge in [-0.25, -0.2) is 13.4 Å². The SMILES string of the molecule is COc1ccc(-c2cn3ccc(C)cc3n2)cc1NS(=O)(=O)Cc1ccccc1. The molecule has 0 bridgehead atoms. The second-order valence-corrected chi connectivity index (χ2v) is 8.58. The van der Waals surface area contributed by atoms with Gasteiger partial charge in [0.2, 0.25) is 10.0 Å². The Morgan fingerprint density at radius 3 is 2.62 bits per heavy atom. The molecule has 148 valence electrons. The fourth-order valence-corrected chi connectivity index (χ4v) is 4.37. The highest BCUT2D eigenvalue weighted by molar-refractivity contribution is 7.91. The van der Waals surface area contributed by atoms with Crippen LogP contribution in [0.4, 0.5) is 5.69 Å². The molecule has 0 aliphatic carbocycles. The Morgan fingerprint density at radius 2 is 1.86 bits per heavy atom. The molecular formula is C22H21N3O3S. The zero-order chi connectivity index (χ0) is 20.4. The smallest absolute Gasteiger partial charge is 0.237 e. The maximum absolute atomic E-state index is 12.7. The van der Waals surface area contributed by atoms with Crippen LogP contribution in [0, 0.1) is 6.92 Å². The van der Waals surface area contributed by atoms with E-state index in [1.54, 1.807) is 24.3 Å². The van der Waals surface area contributed by atoms with Crippen molar-refractivity contribution in [1.29, 1.82) is 0 Å². The molecule has 0 fully saturated rings. The van der Waals surface area contributed by atoms with Gasteiger partial charge >= 0.3 is 0 Å². The highest BCUT2D eigenvalue weighted by atomic mass is 32.2. The Bertz CT molecular complexity index is 1270. The van der Waals surface area contributed by atoms with Crippen molar-refractivity contribution < 1.29 is 13.2 Å². The van der Waals surface area contributed by atoms with Crippen LogP contribution in [-0.2, 0) is 15.8 Å². The van der Waals surface area contributed by atoms with Crippen LogP contribution >= 0.6 is 0 Å². The fourth-order valence-electron chi connectivity index (χ4n) is 3.17. The molecule has 29 heavy (non-hydrogen) atoms. The highest BCUT2D eigenvalue weighted by Crippen LogP contribution is 2.31. The number of methoxy groups -OCH3 is 1. The molecule has 0 amide bonds. The summed E-state index contributed by atoms with van der Waals surface area (Å²) in [6.07, 6.45) is 3.87. The van der Waals surface area contributed by atoms with E-state index in [0.717, 1.165) is 22.5 Å². The Balaban J connectivity index is 1.67. The number of hydrogen-bond acceptors (Lipinski definition) is 4. The van der Waals surface area contributed by atoms with Gasteiger partial charge in [0, 0.05) is 18.0 Å². The Kier molecular flexibility index (Phi) is 4.98. The Labute approximate surface area is 169 Å². The lowest BCUT2D eigenvalue weighted by Crippen LogP contribution is -2.15. The fraction of sp³-hybridized carbons (Fsp3) is 0.136. The number of anilines is 1. The lowest BCUT2D eigenvalue weighted by atomic mass is 10.1. The second kappa shape index (κ2) is 7.60. The van der Waals surface area contributed by atoms with Gasteiger partial charge in [0.1, 0.15) is 11.4 Å². The normalized spacial score (nSPS) is 11.5. The summed E-state index contributed by atoms with van der Waals surface area (Å²) in [5.74, 6) is 0.333. The maximum atomic E-state index is 12.7. The Hall–Kier alpha value is -3.32. The largest absolute Gasteiger partial charge is 0.495 e. The number of nitrogens with one attached hydrogen (secondary N) is 1. The van der Waals surface area contributed by atoms with Gasteiger partial charge in [0.15, 0.2) is 0 Å². The predicted molar refractivity (Wildman–Crippen MR) is 115 cm³/mol. The van der Waals surface area contributed by atoms with E-state index in [9.17, 15) is 8.42 Å². The topological polar surface area (TPSA) is 72.7 Å². The van der Waals surface area contributed by atoms with Crippen LogP contribution in [-0.4, -0.2) is 24.9 Å². The van der Waals surface area contributed by atoms with Crippen molar-refractivity contribution in [2.45, 2.75) is 12.7 Å². The minimum atomic E-state index is -3.61. The van der Waals surface area contributed by atoms with Crippen molar-refractivity contribution in [3.05, 3.63) is 84.2 Å². The number of ether oxygens (including phenoxy) is 1. The standard InChI is InChI=1S/C22H21N3O3S/c1-16-10-11-25-14-20(23-22(25)12-16)18-8-9-21(28-2)19(13-18)24-29(26,27)15-17-6-4-3-5-7-17/h3-14,24H,15H2,1-2H3. The van der Waals surface area contributed by atoms with Crippen molar-refractivity contribution in [3.63, 3.8) is 0 Å². The summed E-state index contributed by atoms with van der Waals surface area (Å²) in [7, 11) is -2.09. The molecule has 0 saturated heterocycles. The molecule has 0 saturated carbocycles. The number of aryl methyl sites for hydroxylation is 1. The van der Waals surface area contributed by atoms with Crippen LogP contribution in [0.3, 0.4) is 0 Å². The monoisotopic (exact) mass is 407 g/mol. The van der Waals surface area contributed by atoms with E-state index in [2.05, 4.69) is 9.71 Å². The van der Waals surface area contributed by atoms with Crippen LogP contribution in [0.15, 0.2) is 73.1 Å². The summed E-state index contributed by atoms with van der Waals surface area (Å²) in [6, 6.07) is 18.4. The third-order valence-electron chi connectivity index (χ3n) is 4.58. The summed E-state index contributed by atoms with van der Waals surface area (Å²) < 4.78 is 35.3. The molecule has 7 heteroatoms. The first-order valence-electron chi connectivity index (χ1n) is 9.12. The number of benzene rings is 2. The summed E-state index contributed by atoms with van der Waals surface area (Å²) in [5.41, 5.74) is 4.60. The maximum Gasteiger partial charge on any atom is 0.237 e. The van der Waals surface area contributed by atoms with Gasteiger partial charge in [-0.3, -0.25) is 4.72 Å². The molecule has 0 radical (unpaired) electrons. The van der Waals surface area contributed by atoms with E-state index in [-0.39, 0.29) is 5.75 Å². The minimum Gasteiger partial charge on any atom is -0.495 e. The third-order valence-corrected chi connectivity index (χ3v) is 5.82. The lowest BCUT2D eigenvalue weighted by Gasteiger charge is -2.13. The molecule has 4 rings (SSSR count). The van der Waals surface area contributed by atoms with E-state index < -0.39 is 10.0 Å². The number of pyridine rings is 1. The number of rotatable bonds is 6. The minimum absolute atomic E-state index is 0.116. The molecule has 0 spiro atoms.